The first kappa shape index (κ1) is 14.4. The van der Waals surface area contributed by atoms with Crippen LogP contribution in [0.2, 0.25) is 0 Å². The molecule has 0 N–H and O–H groups in total. The van der Waals surface area contributed by atoms with E-state index in [1.165, 1.54) is 0 Å². The molecule has 1 amide bonds. The van der Waals surface area contributed by atoms with Crippen molar-refractivity contribution in [3.05, 3.63) is 24.3 Å². The summed E-state index contributed by atoms with van der Waals surface area (Å²) >= 11 is 1.75. The van der Waals surface area contributed by atoms with Gasteiger partial charge in [-0.15, -0.1) is 11.8 Å². The average Bonchev–Trinajstić information content (AvgIpc) is 2.44. The number of fused-ring (bicyclic) bond motifs is 1. The molecule has 1 atom stereocenters. The van der Waals surface area contributed by atoms with Crippen LogP contribution in [0.4, 0.5) is 5.69 Å². The molecular weight excluding hydrogens is 286 g/mol. The SMILES string of the molecule is C[C@@H](OC(=O)C1CCC1)C(=O)N1CCSc2ccccc21. The molecule has 0 unspecified atom stereocenters. The molecule has 0 saturated heterocycles. The van der Waals surface area contributed by atoms with Crippen LogP contribution in [0, 0.1) is 5.92 Å². The summed E-state index contributed by atoms with van der Waals surface area (Å²) in [5.41, 5.74) is 0.922. The average molecular weight is 305 g/mol. The van der Waals surface area contributed by atoms with Gasteiger partial charge in [-0.25, -0.2) is 0 Å². The molecule has 3 rings (SSSR count). The summed E-state index contributed by atoms with van der Waals surface area (Å²) in [5.74, 6) is 0.521. The van der Waals surface area contributed by atoms with Gasteiger partial charge in [0.2, 0.25) is 0 Å². The van der Waals surface area contributed by atoms with Crippen LogP contribution in [0.1, 0.15) is 26.2 Å². The Morgan fingerprint density at radius 3 is 2.81 bits per heavy atom. The summed E-state index contributed by atoms with van der Waals surface area (Å²) in [6, 6.07) is 7.86. The molecule has 1 heterocycles. The summed E-state index contributed by atoms with van der Waals surface area (Å²) in [6.45, 7) is 2.33. The largest absolute Gasteiger partial charge is 0.452 e. The number of nitrogens with zero attached hydrogens (tertiary/aromatic N) is 1. The van der Waals surface area contributed by atoms with Crippen molar-refractivity contribution in [2.45, 2.75) is 37.2 Å². The first-order chi connectivity index (χ1) is 10.2. The van der Waals surface area contributed by atoms with E-state index < -0.39 is 6.10 Å². The zero-order valence-electron chi connectivity index (χ0n) is 12.1. The van der Waals surface area contributed by atoms with Crippen LogP contribution in [0.15, 0.2) is 29.2 Å². The third-order valence-corrected chi connectivity index (χ3v) is 5.12. The maximum absolute atomic E-state index is 12.6. The predicted molar refractivity (Wildman–Crippen MR) is 82.4 cm³/mol. The highest BCUT2D eigenvalue weighted by molar-refractivity contribution is 7.99. The van der Waals surface area contributed by atoms with E-state index in [4.69, 9.17) is 4.74 Å². The van der Waals surface area contributed by atoms with Crippen LogP contribution in [-0.2, 0) is 14.3 Å². The summed E-state index contributed by atoms with van der Waals surface area (Å²) in [5, 5.41) is 0. The number of esters is 1. The summed E-state index contributed by atoms with van der Waals surface area (Å²) < 4.78 is 5.35. The van der Waals surface area contributed by atoms with Gasteiger partial charge < -0.3 is 9.64 Å². The maximum atomic E-state index is 12.6. The third kappa shape index (κ3) is 2.93. The molecule has 0 spiro atoms. The second-order valence-electron chi connectivity index (χ2n) is 5.51. The van der Waals surface area contributed by atoms with Crippen LogP contribution < -0.4 is 4.90 Å². The van der Waals surface area contributed by atoms with Gasteiger partial charge in [0.05, 0.1) is 11.6 Å². The molecule has 112 valence electrons. The van der Waals surface area contributed by atoms with Crippen molar-refractivity contribution < 1.29 is 14.3 Å². The fourth-order valence-electron chi connectivity index (χ4n) is 2.58. The predicted octanol–water partition coefficient (Wildman–Crippen LogP) is 2.86. The molecule has 1 aliphatic heterocycles. The minimum atomic E-state index is -0.714. The Morgan fingerprint density at radius 2 is 2.10 bits per heavy atom. The van der Waals surface area contributed by atoms with Crippen LogP contribution in [0.3, 0.4) is 0 Å². The number of hydrogen-bond acceptors (Lipinski definition) is 4. The molecule has 0 bridgehead atoms. The molecule has 1 saturated carbocycles. The molecule has 0 radical (unpaired) electrons. The van der Waals surface area contributed by atoms with Crippen LogP contribution >= 0.6 is 11.8 Å². The van der Waals surface area contributed by atoms with Gasteiger partial charge in [0.15, 0.2) is 6.10 Å². The Hall–Kier alpha value is -1.49. The number of carbonyl (C=O) groups is 2. The Balaban J connectivity index is 1.69. The van der Waals surface area contributed by atoms with E-state index in [2.05, 4.69) is 0 Å². The van der Waals surface area contributed by atoms with E-state index in [0.717, 1.165) is 35.6 Å². The number of amides is 1. The van der Waals surface area contributed by atoms with Gasteiger partial charge in [-0.1, -0.05) is 18.6 Å². The van der Waals surface area contributed by atoms with Gasteiger partial charge in [-0.05, 0) is 31.9 Å². The highest BCUT2D eigenvalue weighted by Crippen LogP contribution is 2.35. The van der Waals surface area contributed by atoms with Crippen LogP contribution in [-0.4, -0.2) is 30.3 Å². The molecule has 21 heavy (non-hydrogen) atoms. The topological polar surface area (TPSA) is 46.6 Å². The van der Waals surface area contributed by atoms with E-state index in [1.807, 2.05) is 24.3 Å². The lowest BCUT2D eigenvalue weighted by Gasteiger charge is -2.31. The first-order valence-electron chi connectivity index (χ1n) is 7.40. The van der Waals surface area contributed by atoms with Gasteiger partial charge in [0.1, 0.15) is 0 Å². The van der Waals surface area contributed by atoms with Crippen molar-refractivity contribution in [1.82, 2.24) is 0 Å². The fourth-order valence-corrected chi connectivity index (χ4v) is 3.58. The van der Waals surface area contributed by atoms with E-state index in [9.17, 15) is 9.59 Å². The molecule has 4 nitrogen and oxygen atoms in total. The molecule has 1 aliphatic carbocycles. The second kappa shape index (κ2) is 6.10. The first-order valence-corrected chi connectivity index (χ1v) is 8.39. The monoisotopic (exact) mass is 305 g/mol. The summed E-state index contributed by atoms with van der Waals surface area (Å²) in [6.07, 6.45) is 2.15. The standard InChI is InChI=1S/C16H19NO3S/c1-11(20-16(19)12-5-4-6-12)15(18)17-9-10-21-14-8-3-2-7-13(14)17/h2-3,7-8,11-12H,4-6,9-10H2,1H3/t11-/m1/s1. The second-order valence-corrected chi connectivity index (χ2v) is 6.65. The van der Waals surface area contributed by atoms with Gasteiger partial charge >= 0.3 is 5.97 Å². The Labute approximate surface area is 128 Å². The zero-order chi connectivity index (χ0) is 14.8. The number of anilines is 1. The molecule has 0 aromatic heterocycles. The number of para-hydroxylation sites is 1. The Kier molecular flexibility index (Phi) is 4.19. The van der Waals surface area contributed by atoms with E-state index >= 15 is 0 Å². The maximum Gasteiger partial charge on any atom is 0.309 e. The van der Waals surface area contributed by atoms with Crippen LogP contribution in [0.25, 0.3) is 0 Å². The summed E-state index contributed by atoms with van der Waals surface area (Å²) in [4.78, 5) is 27.3. The highest BCUT2D eigenvalue weighted by atomic mass is 32.2. The normalized spacial score (nSPS) is 19.4. The van der Waals surface area contributed by atoms with Crippen molar-refractivity contribution in [2.75, 3.05) is 17.2 Å². The number of benzene rings is 1. The smallest absolute Gasteiger partial charge is 0.309 e. The third-order valence-electron chi connectivity index (χ3n) is 4.07. The van der Waals surface area contributed by atoms with Gasteiger partial charge in [-0.2, -0.15) is 0 Å². The minimum Gasteiger partial charge on any atom is -0.452 e. The Bertz CT molecular complexity index is 556. The van der Waals surface area contributed by atoms with Crippen LogP contribution in [0.5, 0.6) is 0 Å². The Morgan fingerprint density at radius 1 is 1.33 bits per heavy atom. The minimum absolute atomic E-state index is 0.00412. The highest BCUT2D eigenvalue weighted by Gasteiger charge is 2.32. The number of rotatable bonds is 3. The van der Waals surface area contributed by atoms with Crippen molar-refractivity contribution in [1.29, 1.82) is 0 Å². The molecule has 1 aromatic rings. The van der Waals surface area contributed by atoms with E-state index in [-0.39, 0.29) is 17.8 Å². The number of ether oxygens (including phenoxy) is 1. The van der Waals surface area contributed by atoms with Gasteiger partial charge in [-0.3, -0.25) is 9.59 Å². The lowest BCUT2D eigenvalue weighted by Crippen LogP contribution is -2.43. The molecule has 5 heteroatoms. The number of thioether (sulfide) groups is 1. The lowest BCUT2D eigenvalue weighted by molar-refractivity contribution is -0.160. The number of hydrogen-bond donors (Lipinski definition) is 0. The lowest BCUT2D eigenvalue weighted by atomic mass is 9.86. The fraction of sp³-hybridized carbons (Fsp3) is 0.500. The molecule has 2 aliphatic rings. The van der Waals surface area contributed by atoms with Crippen molar-refractivity contribution in [3.8, 4) is 0 Å². The van der Waals surface area contributed by atoms with Gasteiger partial charge in [0, 0.05) is 17.2 Å². The summed E-state index contributed by atoms with van der Waals surface area (Å²) in [7, 11) is 0. The van der Waals surface area contributed by atoms with Gasteiger partial charge in [0.25, 0.3) is 5.91 Å². The zero-order valence-corrected chi connectivity index (χ0v) is 12.9. The van der Waals surface area contributed by atoms with Crippen molar-refractivity contribution >= 4 is 29.3 Å². The van der Waals surface area contributed by atoms with E-state index in [1.54, 1.807) is 23.6 Å². The molecule has 1 aromatic carbocycles. The van der Waals surface area contributed by atoms with Crippen molar-refractivity contribution in [2.24, 2.45) is 5.92 Å². The van der Waals surface area contributed by atoms with Crippen molar-refractivity contribution in [3.63, 3.8) is 0 Å². The molecular formula is C16H19NO3S. The van der Waals surface area contributed by atoms with E-state index in [0.29, 0.717) is 6.54 Å². The quantitative estimate of drug-likeness (QED) is 0.806. The number of carbonyl (C=O) groups excluding carboxylic acids is 2. The molecule has 1 fully saturated rings.